The lowest BCUT2D eigenvalue weighted by Crippen LogP contribution is -2.44. The number of rotatable bonds is 4. The van der Waals surface area contributed by atoms with Crippen molar-refractivity contribution in [2.24, 2.45) is 0 Å². The average molecular weight is 389 g/mol. The Morgan fingerprint density at radius 2 is 2.27 bits per heavy atom. The summed E-state index contributed by atoms with van der Waals surface area (Å²) in [6.45, 7) is 5.73. The van der Waals surface area contributed by atoms with Crippen molar-refractivity contribution >= 4 is 40.0 Å². The van der Waals surface area contributed by atoms with Crippen LogP contribution >= 0.6 is 23.1 Å². The van der Waals surface area contributed by atoms with Gasteiger partial charge in [-0.25, -0.2) is 4.98 Å². The van der Waals surface area contributed by atoms with Gasteiger partial charge in [-0.15, -0.1) is 11.3 Å². The normalized spacial score (nSPS) is 17.8. The van der Waals surface area contributed by atoms with E-state index in [9.17, 15) is 4.79 Å². The van der Waals surface area contributed by atoms with Crippen LogP contribution in [0.2, 0.25) is 0 Å². The molecule has 1 amide bonds. The van der Waals surface area contributed by atoms with Gasteiger partial charge < -0.3 is 14.1 Å². The molecule has 3 heterocycles. The highest BCUT2D eigenvalue weighted by Crippen LogP contribution is 2.34. The number of aromatic nitrogens is 1. The lowest BCUT2D eigenvalue weighted by molar-refractivity contribution is -0.0134. The van der Waals surface area contributed by atoms with Crippen LogP contribution in [0.4, 0.5) is 0 Å². The first-order valence-electron chi connectivity index (χ1n) is 8.58. The number of ether oxygens (including phenoxy) is 1. The third-order valence-corrected chi connectivity index (χ3v) is 6.52. The Balaban J connectivity index is 1.65. The Bertz CT molecular complexity index is 934. The Labute approximate surface area is 160 Å². The SMILES string of the molecule is Cc1csc(SCc2c(C(=O)N3CCO[C@H](C)C3)oc3ccccc23)n1. The van der Waals surface area contributed by atoms with Crippen molar-refractivity contribution < 1.29 is 13.9 Å². The lowest BCUT2D eigenvalue weighted by atomic mass is 10.1. The third kappa shape index (κ3) is 3.51. The van der Waals surface area contributed by atoms with Crippen LogP contribution in [0.25, 0.3) is 11.0 Å². The molecule has 7 heteroatoms. The number of hydrogen-bond donors (Lipinski definition) is 0. The predicted molar refractivity (Wildman–Crippen MR) is 104 cm³/mol. The Morgan fingerprint density at radius 3 is 3.04 bits per heavy atom. The molecule has 0 aliphatic carbocycles. The van der Waals surface area contributed by atoms with Crippen LogP contribution in [0.15, 0.2) is 38.4 Å². The van der Waals surface area contributed by atoms with Gasteiger partial charge in [-0.05, 0) is 19.9 Å². The minimum atomic E-state index is -0.0535. The molecule has 3 aromatic rings. The molecule has 4 rings (SSSR count). The van der Waals surface area contributed by atoms with Crippen molar-refractivity contribution in [3.05, 3.63) is 46.7 Å². The number of fused-ring (bicyclic) bond motifs is 1. The minimum absolute atomic E-state index is 0.0493. The summed E-state index contributed by atoms with van der Waals surface area (Å²) in [7, 11) is 0. The number of carbonyl (C=O) groups is 1. The summed E-state index contributed by atoms with van der Waals surface area (Å²) in [6.07, 6.45) is 0.0493. The summed E-state index contributed by atoms with van der Waals surface area (Å²) in [4.78, 5) is 19.4. The van der Waals surface area contributed by atoms with E-state index in [0.717, 1.165) is 26.6 Å². The maximum absolute atomic E-state index is 13.1. The molecule has 0 saturated carbocycles. The highest BCUT2D eigenvalue weighted by molar-refractivity contribution is 8.00. The number of hydrogen-bond acceptors (Lipinski definition) is 6. The molecular formula is C19H20N2O3S2. The molecule has 1 atom stereocenters. The number of nitrogens with zero attached hydrogens (tertiary/aromatic N) is 2. The van der Waals surface area contributed by atoms with E-state index in [4.69, 9.17) is 9.15 Å². The van der Waals surface area contributed by atoms with Gasteiger partial charge in [0.1, 0.15) is 9.92 Å². The smallest absolute Gasteiger partial charge is 0.290 e. The molecule has 1 aliphatic rings. The molecular weight excluding hydrogens is 368 g/mol. The number of furan rings is 1. The number of benzene rings is 1. The standard InChI is InChI=1S/C19H20N2O3S2/c1-12-10-25-19(20-12)26-11-15-14-5-3-4-6-16(14)24-17(15)18(22)21-7-8-23-13(2)9-21/h3-6,10,13H,7-9,11H2,1-2H3/t13-/m1/s1. The van der Waals surface area contributed by atoms with Gasteiger partial charge in [0, 0.05) is 40.9 Å². The van der Waals surface area contributed by atoms with Crippen LogP contribution in [-0.4, -0.2) is 41.6 Å². The first kappa shape index (κ1) is 17.6. The van der Waals surface area contributed by atoms with Gasteiger partial charge in [0.25, 0.3) is 5.91 Å². The quantitative estimate of drug-likeness (QED) is 0.622. The monoisotopic (exact) mass is 388 g/mol. The molecule has 0 N–H and O–H groups in total. The molecule has 5 nitrogen and oxygen atoms in total. The van der Waals surface area contributed by atoms with E-state index >= 15 is 0 Å². The summed E-state index contributed by atoms with van der Waals surface area (Å²) >= 11 is 3.27. The summed E-state index contributed by atoms with van der Waals surface area (Å²) < 4.78 is 12.5. The highest BCUT2D eigenvalue weighted by atomic mass is 32.2. The molecule has 0 spiro atoms. The van der Waals surface area contributed by atoms with E-state index in [-0.39, 0.29) is 12.0 Å². The number of carbonyl (C=O) groups excluding carboxylic acids is 1. The second-order valence-corrected chi connectivity index (χ2v) is 8.46. The second kappa shape index (κ2) is 7.42. The fourth-order valence-electron chi connectivity index (χ4n) is 3.09. The zero-order valence-electron chi connectivity index (χ0n) is 14.7. The fourth-order valence-corrected chi connectivity index (χ4v) is 4.97. The van der Waals surface area contributed by atoms with Crippen LogP contribution < -0.4 is 0 Å². The molecule has 136 valence electrons. The summed E-state index contributed by atoms with van der Waals surface area (Å²) in [5, 5.41) is 3.04. The van der Waals surface area contributed by atoms with Crippen LogP contribution in [0.5, 0.6) is 0 Å². The third-order valence-electron chi connectivity index (χ3n) is 4.36. The summed E-state index contributed by atoms with van der Waals surface area (Å²) in [6, 6.07) is 7.83. The molecule has 0 radical (unpaired) electrons. The molecule has 1 aromatic carbocycles. The number of morpholine rings is 1. The van der Waals surface area contributed by atoms with Crippen molar-refractivity contribution in [2.75, 3.05) is 19.7 Å². The average Bonchev–Trinajstić information content (AvgIpc) is 3.22. The summed E-state index contributed by atoms with van der Waals surface area (Å²) in [5.74, 6) is 1.05. The Hall–Kier alpha value is -1.83. The molecule has 0 bridgehead atoms. The fraction of sp³-hybridized carbons (Fsp3) is 0.368. The van der Waals surface area contributed by atoms with Gasteiger partial charge in [0.2, 0.25) is 0 Å². The van der Waals surface area contributed by atoms with Crippen molar-refractivity contribution in [1.82, 2.24) is 9.88 Å². The van der Waals surface area contributed by atoms with Gasteiger partial charge in [0.15, 0.2) is 5.76 Å². The van der Waals surface area contributed by atoms with E-state index in [0.29, 0.717) is 31.2 Å². The van der Waals surface area contributed by atoms with Crippen molar-refractivity contribution in [2.45, 2.75) is 30.0 Å². The molecule has 1 aliphatic heterocycles. The predicted octanol–water partition coefficient (Wildman–Crippen LogP) is 4.35. The van der Waals surface area contributed by atoms with Crippen LogP contribution in [0.3, 0.4) is 0 Å². The van der Waals surface area contributed by atoms with Crippen LogP contribution in [0.1, 0.15) is 28.7 Å². The lowest BCUT2D eigenvalue weighted by Gasteiger charge is -2.30. The first-order chi connectivity index (χ1) is 12.6. The largest absolute Gasteiger partial charge is 0.451 e. The van der Waals surface area contributed by atoms with Crippen molar-refractivity contribution in [1.29, 1.82) is 0 Å². The summed E-state index contributed by atoms with van der Waals surface area (Å²) in [5.41, 5.74) is 2.72. The number of para-hydroxylation sites is 1. The van der Waals surface area contributed by atoms with Crippen LogP contribution in [0, 0.1) is 6.92 Å². The van der Waals surface area contributed by atoms with Gasteiger partial charge in [-0.1, -0.05) is 30.0 Å². The van der Waals surface area contributed by atoms with E-state index in [1.807, 2.05) is 48.4 Å². The van der Waals surface area contributed by atoms with Gasteiger partial charge in [-0.3, -0.25) is 4.79 Å². The Morgan fingerprint density at radius 1 is 1.42 bits per heavy atom. The number of thioether (sulfide) groups is 1. The zero-order valence-corrected chi connectivity index (χ0v) is 16.4. The van der Waals surface area contributed by atoms with Crippen molar-refractivity contribution in [3.8, 4) is 0 Å². The minimum Gasteiger partial charge on any atom is -0.451 e. The molecule has 1 fully saturated rings. The molecule has 1 saturated heterocycles. The van der Waals surface area contributed by atoms with Gasteiger partial charge >= 0.3 is 0 Å². The van der Waals surface area contributed by atoms with Crippen LogP contribution in [-0.2, 0) is 10.5 Å². The van der Waals surface area contributed by atoms with E-state index < -0.39 is 0 Å². The molecule has 0 unspecified atom stereocenters. The van der Waals surface area contributed by atoms with E-state index in [2.05, 4.69) is 4.98 Å². The highest BCUT2D eigenvalue weighted by Gasteiger charge is 2.28. The molecule has 2 aromatic heterocycles. The Kier molecular flexibility index (Phi) is 5.02. The number of aryl methyl sites for hydroxylation is 1. The topological polar surface area (TPSA) is 55.6 Å². The van der Waals surface area contributed by atoms with Crippen molar-refractivity contribution in [3.63, 3.8) is 0 Å². The molecule has 26 heavy (non-hydrogen) atoms. The number of thiazole rings is 1. The number of amides is 1. The van der Waals surface area contributed by atoms with E-state index in [1.165, 1.54) is 0 Å². The zero-order chi connectivity index (χ0) is 18.1. The maximum atomic E-state index is 13.1. The second-order valence-electron chi connectivity index (χ2n) is 6.38. The van der Waals surface area contributed by atoms with E-state index in [1.54, 1.807) is 23.1 Å². The first-order valence-corrected chi connectivity index (χ1v) is 10.4. The van der Waals surface area contributed by atoms with Gasteiger partial charge in [0.05, 0.1) is 12.7 Å². The maximum Gasteiger partial charge on any atom is 0.290 e. The van der Waals surface area contributed by atoms with Gasteiger partial charge in [-0.2, -0.15) is 0 Å².